The van der Waals surface area contributed by atoms with Crippen molar-refractivity contribution in [1.82, 2.24) is 25.1 Å². The molecular weight excluding hydrogens is 311 g/mol. The molecule has 23 heavy (non-hydrogen) atoms. The van der Waals surface area contributed by atoms with Crippen LogP contribution >= 0.6 is 0 Å². The second-order valence-corrected chi connectivity index (χ2v) is 5.30. The van der Waals surface area contributed by atoms with Gasteiger partial charge in [-0.3, -0.25) is 14.5 Å². The molecule has 0 aliphatic heterocycles. The Labute approximate surface area is 129 Å². The highest BCUT2D eigenvalue weighted by Gasteiger charge is 2.37. The molecule has 3 rings (SSSR count). The molecule has 1 saturated carbocycles. The number of alkyl halides is 3. The van der Waals surface area contributed by atoms with E-state index >= 15 is 0 Å². The summed E-state index contributed by atoms with van der Waals surface area (Å²) in [7, 11) is 0. The van der Waals surface area contributed by atoms with Crippen LogP contribution in [0.3, 0.4) is 0 Å². The number of hydrogen-bond donors (Lipinski definition) is 1. The van der Waals surface area contributed by atoms with E-state index in [0.717, 1.165) is 18.9 Å². The third-order valence-electron chi connectivity index (χ3n) is 3.50. The minimum Gasteiger partial charge on any atom is -0.349 e. The van der Waals surface area contributed by atoms with Crippen molar-refractivity contribution in [2.45, 2.75) is 31.5 Å². The van der Waals surface area contributed by atoms with Gasteiger partial charge in [0, 0.05) is 30.6 Å². The van der Waals surface area contributed by atoms with E-state index in [4.69, 9.17) is 0 Å². The molecule has 1 amide bonds. The van der Waals surface area contributed by atoms with Gasteiger partial charge in [0.1, 0.15) is 5.69 Å². The number of carbonyl (C=O) groups is 1. The molecule has 1 aliphatic carbocycles. The Kier molecular flexibility index (Phi) is 4.01. The lowest BCUT2D eigenvalue weighted by Crippen LogP contribution is -2.28. The van der Waals surface area contributed by atoms with Crippen molar-refractivity contribution in [2.24, 2.45) is 0 Å². The highest BCUT2D eigenvalue weighted by Crippen LogP contribution is 2.42. The van der Waals surface area contributed by atoms with Crippen molar-refractivity contribution in [1.29, 1.82) is 0 Å². The average Bonchev–Trinajstić information content (AvgIpc) is 3.27. The molecule has 0 saturated heterocycles. The maximum Gasteiger partial charge on any atom is 0.435 e. The first kappa shape index (κ1) is 15.4. The van der Waals surface area contributed by atoms with Crippen LogP contribution in [-0.4, -0.2) is 32.2 Å². The van der Waals surface area contributed by atoms with Crippen molar-refractivity contribution in [2.75, 3.05) is 6.54 Å². The lowest BCUT2D eigenvalue weighted by molar-refractivity contribution is -0.141. The Balaban J connectivity index is 1.64. The van der Waals surface area contributed by atoms with E-state index in [1.807, 2.05) is 0 Å². The molecule has 1 fully saturated rings. The van der Waals surface area contributed by atoms with Crippen molar-refractivity contribution in [3.8, 4) is 0 Å². The Bertz CT molecular complexity index is 694. The summed E-state index contributed by atoms with van der Waals surface area (Å²) < 4.78 is 39.7. The van der Waals surface area contributed by atoms with E-state index in [-0.39, 0.29) is 24.7 Å². The van der Waals surface area contributed by atoms with Gasteiger partial charge in [-0.25, -0.2) is 4.98 Å². The third kappa shape index (κ3) is 3.66. The summed E-state index contributed by atoms with van der Waals surface area (Å²) in [6.07, 6.45) is 1.44. The SMILES string of the molecule is O=C(NCCn1nc(C(F)(F)F)cc1C1CC1)c1cnccn1. The summed E-state index contributed by atoms with van der Waals surface area (Å²) in [5, 5.41) is 6.22. The fourth-order valence-electron chi connectivity index (χ4n) is 2.24. The molecule has 1 N–H and O–H groups in total. The number of carbonyl (C=O) groups excluding carboxylic acids is 1. The minimum absolute atomic E-state index is 0.134. The first-order valence-corrected chi connectivity index (χ1v) is 7.14. The number of nitrogens with one attached hydrogen (secondary N) is 1. The van der Waals surface area contributed by atoms with Gasteiger partial charge in [-0.05, 0) is 18.9 Å². The average molecular weight is 325 g/mol. The summed E-state index contributed by atoms with van der Waals surface area (Å²) >= 11 is 0. The van der Waals surface area contributed by atoms with Gasteiger partial charge in [-0.15, -0.1) is 0 Å². The zero-order chi connectivity index (χ0) is 16.4. The predicted octanol–water partition coefficient (Wildman–Crippen LogP) is 2.00. The molecule has 0 spiro atoms. The largest absolute Gasteiger partial charge is 0.435 e. The first-order chi connectivity index (χ1) is 10.9. The molecular formula is C14H14F3N5O. The summed E-state index contributed by atoms with van der Waals surface area (Å²) in [5.74, 6) is -0.288. The smallest absolute Gasteiger partial charge is 0.349 e. The van der Waals surface area contributed by atoms with E-state index in [1.54, 1.807) is 0 Å². The molecule has 0 aromatic carbocycles. The normalized spacial score (nSPS) is 14.7. The fourth-order valence-corrected chi connectivity index (χ4v) is 2.24. The maximum atomic E-state index is 12.8. The monoisotopic (exact) mass is 325 g/mol. The van der Waals surface area contributed by atoms with Gasteiger partial charge in [0.2, 0.25) is 0 Å². The Hall–Kier alpha value is -2.45. The van der Waals surface area contributed by atoms with Crippen LogP contribution in [0.25, 0.3) is 0 Å². The molecule has 0 bridgehead atoms. The minimum atomic E-state index is -4.46. The second kappa shape index (κ2) is 5.98. The lowest BCUT2D eigenvalue weighted by atomic mass is 10.2. The van der Waals surface area contributed by atoms with Crippen LogP contribution in [0, 0.1) is 0 Å². The van der Waals surface area contributed by atoms with Gasteiger partial charge < -0.3 is 5.32 Å². The molecule has 0 radical (unpaired) electrons. The van der Waals surface area contributed by atoms with Crippen molar-refractivity contribution in [3.05, 3.63) is 41.7 Å². The van der Waals surface area contributed by atoms with Crippen molar-refractivity contribution < 1.29 is 18.0 Å². The Morgan fingerprint density at radius 1 is 1.35 bits per heavy atom. The zero-order valence-electron chi connectivity index (χ0n) is 12.0. The van der Waals surface area contributed by atoms with Gasteiger partial charge in [0.05, 0.1) is 12.7 Å². The molecule has 2 aromatic rings. The summed E-state index contributed by atoms with van der Waals surface area (Å²) in [6.45, 7) is 0.335. The molecule has 6 nitrogen and oxygen atoms in total. The van der Waals surface area contributed by atoms with E-state index in [1.165, 1.54) is 23.3 Å². The number of halogens is 3. The molecule has 2 aromatic heterocycles. The first-order valence-electron chi connectivity index (χ1n) is 7.14. The van der Waals surface area contributed by atoms with Crippen molar-refractivity contribution in [3.63, 3.8) is 0 Å². The van der Waals surface area contributed by atoms with Crippen LogP contribution in [0.5, 0.6) is 0 Å². The third-order valence-corrected chi connectivity index (χ3v) is 3.50. The molecule has 0 atom stereocenters. The number of nitrogens with zero attached hydrogens (tertiary/aromatic N) is 4. The molecule has 9 heteroatoms. The van der Waals surface area contributed by atoms with Crippen LogP contribution in [-0.2, 0) is 12.7 Å². The lowest BCUT2D eigenvalue weighted by Gasteiger charge is -2.08. The number of rotatable bonds is 5. The van der Waals surface area contributed by atoms with E-state index in [9.17, 15) is 18.0 Å². The topological polar surface area (TPSA) is 72.7 Å². The van der Waals surface area contributed by atoms with E-state index in [2.05, 4.69) is 20.4 Å². The molecule has 2 heterocycles. The number of aromatic nitrogens is 4. The summed E-state index contributed by atoms with van der Waals surface area (Å²) in [5.41, 5.74) is -0.155. The highest BCUT2D eigenvalue weighted by molar-refractivity contribution is 5.91. The molecule has 0 unspecified atom stereocenters. The van der Waals surface area contributed by atoms with Gasteiger partial charge in [0.25, 0.3) is 5.91 Å². The maximum absolute atomic E-state index is 12.8. The van der Waals surface area contributed by atoms with E-state index in [0.29, 0.717) is 5.69 Å². The van der Waals surface area contributed by atoms with Crippen LogP contribution < -0.4 is 5.32 Å². The number of amides is 1. The van der Waals surface area contributed by atoms with Gasteiger partial charge in [0.15, 0.2) is 5.69 Å². The number of hydrogen-bond acceptors (Lipinski definition) is 4. The van der Waals surface area contributed by atoms with Gasteiger partial charge >= 0.3 is 6.18 Å². The summed E-state index contributed by atoms with van der Waals surface area (Å²) in [6, 6.07) is 1.10. The predicted molar refractivity (Wildman–Crippen MR) is 73.6 cm³/mol. The van der Waals surface area contributed by atoms with Crippen LogP contribution in [0.2, 0.25) is 0 Å². The van der Waals surface area contributed by atoms with Crippen LogP contribution in [0.1, 0.15) is 40.6 Å². The van der Waals surface area contributed by atoms with Gasteiger partial charge in [-0.2, -0.15) is 18.3 Å². The molecule has 1 aliphatic rings. The standard InChI is InChI=1S/C14H14F3N5O/c15-14(16,17)12-7-11(9-1-2-9)22(21-12)6-5-20-13(23)10-8-18-3-4-19-10/h3-4,7-9H,1-2,5-6H2,(H,20,23). The fraction of sp³-hybridized carbons (Fsp3) is 0.429. The Morgan fingerprint density at radius 3 is 2.74 bits per heavy atom. The Morgan fingerprint density at radius 2 is 2.13 bits per heavy atom. The summed E-state index contributed by atoms with van der Waals surface area (Å²) in [4.78, 5) is 19.4. The zero-order valence-corrected chi connectivity index (χ0v) is 12.0. The second-order valence-electron chi connectivity index (χ2n) is 5.30. The molecule has 122 valence electrons. The van der Waals surface area contributed by atoms with Crippen LogP contribution in [0.4, 0.5) is 13.2 Å². The van der Waals surface area contributed by atoms with Crippen LogP contribution in [0.15, 0.2) is 24.7 Å². The highest BCUT2D eigenvalue weighted by atomic mass is 19.4. The van der Waals surface area contributed by atoms with Gasteiger partial charge in [-0.1, -0.05) is 0 Å². The van der Waals surface area contributed by atoms with Crippen molar-refractivity contribution >= 4 is 5.91 Å². The van der Waals surface area contributed by atoms with E-state index < -0.39 is 17.8 Å². The quantitative estimate of drug-likeness (QED) is 0.912.